The molecule has 2 atom stereocenters. The Morgan fingerprint density at radius 2 is 1.67 bits per heavy atom. The van der Waals surface area contributed by atoms with Crippen molar-refractivity contribution in [1.82, 2.24) is 0 Å². The van der Waals surface area contributed by atoms with E-state index in [4.69, 9.17) is 17.0 Å². The van der Waals surface area contributed by atoms with Gasteiger partial charge in [-0.15, -0.1) is 23.1 Å². The molecular formula is C38H41N3O4S3. The lowest BCUT2D eigenvalue weighted by Gasteiger charge is -2.33. The molecule has 0 saturated heterocycles. The molecule has 250 valence electrons. The number of thiocarbonyl (C=S) groups is 1. The number of benzene rings is 3. The zero-order valence-electron chi connectivity index (χ0n) is 27.8. The van der Waals surface area contributed by atoms with Crippen LogP contribution in [0.15, 0.2) is 83.8 Å². The highest BCUT2D eigenvalue weighted by molar-refractivity contribution is 8.00. The van der Waals surface area contributed by atoms with Gasteiger partial charge in [-0.3, -0.25) is 9.59 Å². The molecule has 1 aromatic heterocycles. The summed E-state index contributed by atoms with van der Waals surface area (Å²) in [7, 11) is 0. The van der Waals surface area contributed by atoms with Crippen LogP contribution >= 0.6 is 35.3 Å². The summed E-state index contributed by atoms with van der Waals surface area (Å²) < 4.78 is 5.48. The normalized spacial score (nSPS) is 14.7. The molecule has 0 bridgehead atoms. The quantitative estimate of drug-likeness (QED) is 0.0652. The van der Waals surface area contributed by atoms with Crippen molar-refractivity contribution < 1.29 is 19.1 Å². The van der Waals surface area contributed by atoms with Gasteiger partial charge in [-0.05, 0) is 110 Å². The summed E-state index contributed by atoms with van der Waals surface area (Å²) in [6, 6.07) is 24.5. The number of nitrogens with one attached hydrogen (secondary N) is 3. The van der Waals surface area contributed by atoms with Crippen LogP contribution in [-0.2, 0) is 22.4 Å². The lowest BCUT2D eigenvalue weighted by molar-refractivity contribution is -0.115. The average Bonchev–Trinajstić information content (AvgIpc) is 3.41. The zero-order chi connectivity index (χ0) is 34.4. The maximum absolute atomic E-state index is 14.2. The summed E-state index contributed by atoms with van der Waals surface area (Å²) in [5.74, 6) is -0.109. The molecule has 0 radical (unpaired) electrons. The highest BCUT2D eigenvalue weighted by atomic mass is 32.2. The minimum absolute atomic E-state index is 0.00207. The lowest BCUT2D eigenvalue weighted by Crippen LogP contribution is -2.26. The second-order valence-corrected chi connectivity index (χ2v) is 15.6. The van der Waals surface area contributed by atoms with Crippen molar-refractivity contribution in [3.63, 3.8) is 0 Å². The number of carbonyl (C=O) groups is 3. The second kappa shape index (κ2) is 15.5. The highest BCUT2D eigenvalue weighted by Crippen LogP contribution is 2.45. The van der Waals surface area contributed by atoms with Gasteiger partial charge in [-0.2, -0.15) is 0 Å². The number of Topliss-reactive ketones (excluding diaryl/α,β-unsaturated/α-hetero) is 1. The van der Waals surface area contributed by atoms with E-state index in [1.807, 2.05) is 54.6 Å². The van der Waals surface area contributed by atoms with Crippen LogP contribution in [0.2, 0.25) is 0 Å². The predicted molar refractivity (Wildman–Crippen MR) is 202 cm³/mol. The Hall–Kier alpha value is -3.99. The molecule has 10 heteroatoms. The van der Waals surface area contributed by atoms with Gasteiger partial charge >= 0.3 is 5.97 Å². The Morgan fingerprint density at radius 3 is 2.33 bits per heavy atom. The van der Waals surface area contributed by atoms with E-state index in [9.17, 15) is 14.4 Å². The third-order valence-corrected chi connectivity index (χ3v) is 11.1. The SMILES string of the molecule is CCOC(=O)c1c(NC(=O)C(Sc2cccc(NC(=S)Nc3ccc(C(C)=O)cc3)c2)c2ccccc2)sc2c1CCC(C(C)(C)C)C2. The number of carbonyl (C=O) groups excluding carboxylic acids is 3. The first-order chi connectivity index (χ1) is 22.9. The zero-order valence-corrected chi connectivity index (χ0v) is 30.3. The van der Waals surface area contributed by atoms with Gasteiger partial charge in [0.15, 0.2) is 10.9 Å². The van der Waals surface area contributed by atoms with Crippen molar-refractivity contribution in [2.75, 3.05) is 22.6 Å². The van der Waals surface area contributed by atoms with E-state index in [1.54, 1.807) is 31.2 Å². The smallest absolute Gasteiger partial charge is 0.341 e. The molecule has 0 spiro atoms. The van der Waals surface area contributed by atoms with Crippen LogP contribution in [0.5, 0.6) is 0 Å². The third-order valence-electron chi connectivity index (χ3n) is 8.44. The second-order valence-electron chi connectivity index (χ2n) is 12.9. The van der Waals surface area contributed by atoms with E-state index in [-0.39, 0.29) is 29.7 Å². The van der Waals surface area contributed by atoms with Gasteiger partial charge in [-0.1, -0.05) is 57.2 Å². The molecular weight excluding hydrogens is 659 g/mol. The summed E-state index contributed by atoms with van der Waals surface area (Å²) in [6.45, 7) is 10.4. The number of hydrogen-bond acceptors (Lipinski definition) is 7. The monoisotopic (exact) mass is 699 g/mol. The van der Waals surface area contributed by atoms with E-state index in [1.165, 1.54) is 30.0 Å². The summed E-state index contributed by atoms with van der Waals surface area (Å²) in [5.41, 5.74) is 4.65. The predicted octanol–water partition coefficient (Wildman–Crippen LogP) is 9.56. The molecule has 5 rings (SSSR count). The van der Waals surface area contributed by atoms with Gasteiger partial charge in [-0.25, -0.2) is 4.79 Å². The molecule has 48 heavy (non-hydrogen) atoms. The maximum Gasteiger partial charge on any atom is 0.341 e. The number of esters is 1. The largest absolute Gasteiger partial charge is 0.462 e. The molecule has 0 aliphatic heterocycles. The van der Waals surface area contributed by atoms with Crippen LogP contribution in [0.25, 0.3) is 0 Å². The summed E-state index contributed by atoms with van der Waals surface area (Å²) in [4.78, 5) is 41.1. The minimum atomic E-state index is -0.595. The number of anilines is 3. The molecule has 0 fully saturated rings. The van der Waals surface area contributed by atoms with Gasteiger partial charge < -0.3 is 20.7 Å². The Kier molecular flexibility index (Phi) is 11.4. The number of fused-ring (bicyclic) bond motifs is 1. The van der Waals surface area contributed by atoms with Crippen molar-refractivity contribution in [2.24, 2.45) is 11.3 Å². The molecule has 0 saturated carbocycles. The van der Waals surface area contributed by atoms with E-state index in [0.29, 0.717) is 27.2 Å². The van der Waals surface area contributed by atoms with Crippen molar-refractivity contribution >= 4 is 74.5 Å². The first kappa shape index (κ1) is 35.3. The Morgan fingerprint density at radius 1 is 0.958 bits per heavy atom. The van der Waals surface area contributed by atoms with Gasteiger partial charge in [0.25, 0.3) is 0 Å². The number of rotatable bonds is 10. The van der Waals surface area contributed by atoms with Gasteiger partial charge in [0.1, 0.15) is 10.3 Å². The minimum Gasteiger partial charge on any atom is -0.462 e. The van der Waals surface area contributed by atoms with Gasteiger partial charge in [0.05, 0.1) is 12.2 Å². The van der Waals surface area contributed by atoms with E-state index >= 15 is 0 Å². The molecule has 1 aliphatic rings. The first-order valence-electron chi connectivity index (χ1n) is 16.1. The Bertz CT molecular complexity index is 1800. The number of ether oxygens (including phenoxy) is 1. The van der Waals surface area contributed by atoms with E-state index in [2.05, 4.69) is 36.7 Å². The highest BCUT2D eigenvalue weighted by Gasteiger charge is 2.35. The molecule has 4 aromatic rings. The van der Waals surface area contributed by atoms with E-state index in [0.717, 1.165) is 51.5 Å². The summed E-state index contributed by atoms with van der Waals surface area (Å²) in [6.07, 6.45) is 2.66. The standard InChI is InChI=1S/C38H41N3O4S3/c1-6-45-36(44)32-30-20-17-26(38(3,4)5)21-31(30)48-35(32)41-34(43)33(25-11-8-7-9-12-25)47-29-14-10-13-28(22-29)40-37(46)39-27-18-15-24(16-19-27)23(2)42/h7-16,18-19,22,26,33H,6,17,20-21H2,1-5H3,(H,41,43)(H2,39,40,46). The van der Waals surface area contributed by atoms with Crippen molar-refractivity contribution in [1.29, 1.82) is 0 Å². The van der Waals surface area contributed by atoms with Crippen LogP contribution in [0.4, 0.5) is 16.4 Å². The third kappa shape index (κ3) is 8.72. The molecule has 1 amide bonds. The number of thioether (sulfide) groups is 1. The van der Waals surface area contributed by atoms with Gasteiger partial charge in [0, 0.05) is 26.7 Å². The summed E-state index contributed by atoms with van der Waals surface area (Å²) in [5, 5.41) is 9.87. The van der Waals surface area contributed by atoms with Crippen molar-refractivity contribution in [3.8, 4) is 0 Å². The number of thiophene rings is 1. The van der Waals surface area contributed by atoms with Crippen LogP contribution in [-0.4, -0.2) is 29.4 Å². The maximum atomic E-state index is 14.2. The molecule has 1 heterocycles. The fourth-order valence-electron chi connectivity index (χ4n) is 5.78. The van der Waals surface area contributed by atoms with E-state index < -0.39 is 5.25 Å². The van der Waals surface area contributed by atoms with Gasteiger partial charge in [0.2, 0.25) is 5.91 Å². The van der Waals surface area contributed by atoms with Crippen molar-refractivity contribution in [2.45, 2.75) is 64.0 Å². The molecule has 1 aliphatic carbocycles. The van der Waals surface area contributed by atoms with Crippen molar-refractivity contribution in [3.05, 3.63) is 106 Å². The number of amides is 1. The first-order valence-corrected chi connectivity index (χ1v) is 18.2. The fraction of sp³-hybridized carbons (Fsp3) is 0.316. The Labute approximate surface area is 296 Å². The molecule has 7 nitrogen and oxygen atoms in total. The average molecular weight is 700 g/mol. The van der Waals surface area contributed by atoms with Crippen LogP contribution < -0.4 is 16.0 Å². The lowest BCUT2D eigenvalue weighted by atomic mass is 9.72. The summed E-state index contributed by atoms with van der Waals surface area (Å²) >= 11 is 8.47. The molecule has 2 unspecified atom stereocenters. The van der Waals surface area contributed by atoms with Crippen LogP contribution in [0.1, 0.15) is 83.0 Å². The molecule has 3 aromatic carbocycles. The van der Waals surface area contributed by atoms with Crippen LogP contribution in [0.3, 0.4) is 0 Å². The Balaban J connectivity index is 1.36. The topological polar surface area (TPSA) is 96.5 Å². The molecule has 3 N–H and O–H groups in total. The fourth-order valence-corrected chi connectivity index (χ4v) is 8.41. The number of ketones is 1. The number of hydrogen-bond donors (Lipinski definition) is 3. The van der Waals surface area contributed by atoms with Crippen LogP contribution in [0, 0.1) is 11.3 Å².